The minimum Gasteiger partial charge on any atom is -0.361 e. The molecule has 1 aromatic heterocycles. The molecule has 0 bridgehead atoms. The number of aromatic nitrogens is 1. The monoisotopic (exact) mass is 305 g/mol. The van der Waals surface area contributed by atoms with Crippen molar-refractivity contribution < 1.29 is 12.9 Å². The molecule has 6 nitrogen and oxygen atoms in total. The highest BCUT2D eigenvalue weighted by Crippen LogP contribution is 2.13. The van der Waals surface area contributed by atoms with Crippen LogP contribution in [-0.4, -0.2) is 20.1 Å². The lowest BCUT2D eigenvalue weighted by Gasteiger charge is -2.06. The van der Waals surface area contributed by atoms with E-state index in [1.165, 1.54) is 0 Å². The second-order valence-electron chi connectivity index (χ2n) is 4.37. The van der Waals surface area contributed by atoms with E-state index in [-0.39, 0.29) is 12.3 Å². The van der Waals surface area contributed by atoms with Gasteiger partial charge in [-0.25, -0.2) is 8.42 Å². The smallest absolute Gasteiger partial charge is 0.238 e. The van der Waals surface area contributed by atoms with Crippen LogP contribution in [0.4, 0.5) is 5.69 Å². The van der Waals surface area contributed by atoms with E-state index in [0.29, 0.717) is 17.1 Å². The molecule has 0 radical (unpaired) electrons. The molecule has 2 aromatic rings. The first-order valence-corrected chi connectivity index (χ1v) is 7.85. The molecule has 0 fully saturated rings. The average Bonchev–Trinajstić information content (AvgIpc) is 2.82. The SMILES string of the molecule is Cc1cc(CS(=O)(=O)Nc2ccc(C#CCN)cc2)no1. The Morgan fingerprint density at radius 1 is 1.33 bits per heavy atom. The topological polar surface area (TPSA) is 98.2 Å². The lowest BCUT2D eigenvalue weighted by atomic mass is 10.2. The zero-order valence-corrected chi connectivity index (χ0v) is 12.3. The normalized spacial score (nSPS) is 10.8. The average molecular weight is 305 g/mol. The Morgan fingerprint density at radius 2 is 2.05 bits per heavy atom. The van der Waals surface area contributed by atoms with Gasteiger partial charge in [-0.15, -0.1) is 0 Å². The number of benzene rings is 1. The van der Waals surface area contributed by atoms with Crippen LogP contribution in [0.5, 0.6) is 0 Å². The Morgan fingerprint density at radius 3 is 2.62 bits per heavy atom. The van der Waals surface area contributed by atoms with E-state index in [1.54, 1.807) is 37.3 Å². The molecule has 0 spiro atoms. The van der Waals surface area contributed by atoms with Crippen molar-refractivity contribution in [1.29, 1.82) is 0 Å². The molecule has 0 aliphatic rings. The summed E-state index contributed by atoms with van der Waals surface area (Å²) in [5.74, 6) is 5.93. The number of sulfonamides is 1. The number of anilines is 1. The van der Waals surface area contributed by atoms with Crippen molar-refractivity contribution in [1.82, 2.24) is 5.16 Å². The Labute approximate surface area is 123 Å². The second kappa shape index (κ2) is 6.43. The maximum absolute atomic E-state index is 12.0. The highest BCUT2D eigenvalue weighted by atomic mass is 32.2. The summed E-state index contributed by atoms with van der Waals surface area (Å²) in [6.45, 7) is 1.99. The van der Waals surface area contributed by atoms with Crippen molar-refractivity contribution in [2.45, 2.75) is 12.7 Å². The predicted molar refractivity (Wildman–Crippen MR) is 79.9 cm³/mol. The molecule has 3 N–H and O–H groups in total. The summed E-state index contributed by atoms with van der Waals surface area (Å²) in [7, 11) is -3.53. The van der Waals surface area contributed by atoms with Crippen LogP contribution < -0.4 is 10.5 Å². The number of nitrogens with one attached hydrogen (secondary N) is 1. The molecular formula is C14H15N3O3S. The summed E-state index contributed by atoms with van der Waals surface area (Å²) in [6, 6.07) is 8.32. The van der Waals surface area contributed by atoms with Crippen LogP contribution in [0, 0.1) is 18.8 Å². The van der Waals surface area contributed by atoms with E-state index >= 15 is 0 Å². The molecule has 0 aliphatic carbocycles. The quantitative estimate of drug-likeness (QED) is 0.828. The molecule has 21 heavy (non-hydrogen) atoms. The lowest BCUT2D eigenvalue weighted by Crippen LogP contribution is -2.15. The maximum Gasteiger partial charge on any atom is 0.238 e. The van der Waals surface area contributed by atoms with Gasteiger partial charge in [-0.2, -0.15) is 0 Å². The van der Waals surface area contributed by atoms with Gasteiger partial charge in [-0.1, -0.05) is 17.0 Å². The third-order valence-electron chi connectivity index (χ3n) is 2.51. The van der Waals surface area contributed by atoms with Crippen LogP contribution in [0.1, 0.15) is 17.0 Å². The molecule has 1 aromatic carbocycles. The van der Waals surface area contributed by atoms with E-state index in [2.05, 4.69) is 21.7 Å². The molecule has 0 atom stereocenters. The van der Waals surface area contributed by atoms with Crippen molar-refractivity contribution in [2.24, 2.45) is 5.73 Å². The van der Waals surface area contributed by atoms with Gasteiger partial charge in [0, 0.05) is 17.3 Å². The van der Waals surface area contributed by atoms with E-state index in [4.69, 9.17) is 10.3 Å². The third kappa shape index (κ3) is 4.63. The van der Waals surface area contributed by atoms with Gasteiger partial charge >= 0.3 is 0 Å². The summed E-state index contributed by atoms with van der Waals surface area (Å²) in [6.07, 6.45) is 0. The highest BCUT2D eigenvalue weighted by Gasteiger charge is 2.14. The first-order chi connectivity index (χ1) is 9.98. The van der Waals surface area contributed by atoms with Gasteiger partial charge < -0.3 is 10.3 Å². The van der Waals surface area contributed by atoms with Gasteiger partial charge in [-0.05, 0) is 31.2 Å². The van der Waals surface area contributed by atoms with E-state index in [0.717, 1.165) is 5.56 Å². The zero-order valence-electron chi connectivity index (χ0n) is 11.5. The van der Waals surface area contributed by atoms with Gasteiger partial charge in [0.05, 0.1) is 6.54 Å². The van der Waals surface area contributed by atoms with Crippen molar-refractivity contribution in [3.05, 3.63) is 47.3 Å². The number of nitrogens with zero attached hydrogens (tertiary/aromatic N) is 1. The number of aryl methyl sites for hydroxylation is 1. The predicted octanol–water partition coefficient (Wildman–Crippen LogP) is 1.24. The Kier molecular flexibility index (Phi) is 4.62. The Bertz CT molecular complexity index is 768. The van der Waals surface area contributed by atoms with Crippen molar-refractivity contribution in [3.63, 3.8) is 0 Å². The van der Waals surface area contributed by atoms with Gasteiger partial charge in [0.2, 0.25) is 10.0 Å². The largest absolute Gasteiger partial charge is 0.361 e. The van der Waals surface area contributed by atoms with Crippen molar-refractivity contribution in [2.75, 3.05) is 11.3 Å². The van der Waals surface area contributed by atoms with Crippen LogP contribution >= 0.6 is 0 Å². The van der Waals surface area contributed by atoms with Gasteiger partial charge in [-0.3, -0.25) is 4.72 Å². The van der Waals surface area contributed by atoms with Crippen LogP contribution in [0.25, 0.3) is 0 Å². The summed E-state index contributed by atoms with van der Waals surface area (Å²) < 4.78 is 31.3. The fraction of sp³-hybridized carbons (Fsp3) is 0.214. The first-order valence-electron chi connectivity index (χ1n) is 6.20. The van der Waals surface area contributed by atoms with Gasteiger partial charge in [0.25, 0.3) is 0 Å². The lowest BCUT2D eigenvalue weighted by molar-refractivity contribution is 0.392. The molecule has 0 unspecified atom stereocenters. The maximum atomic E-state index is 12.0. The number of rotatable bonds is 4. The fourth-order valence-electron chi connectivity index (χ4n) is 1.67. The van der Waals surface area contributed by atoms with E-state index < -0.39 is 10.0 Å². The van der Waals surface area contributed by atoms with Gasteiger partial charge in [0.1, 0.15) is 17.2 Å². The first kappa shape index (κ1) is 15.1. The minimum atomic E-state index is -3.53. The molecule has 0 aliphatic heterocycles. The van der Waals surface area contributed by atoms with Crippen LogP contribution in [-0.2, 0) is 15.8 Å². The fourth-order valence-corrected chi connectivity index (χ4v) is 2.76. The molecule has 110 valence electrons. The minimum absolute atomic E-state index is 0.237. The molecule has 0 saturated carbocycles. The van der Waals surface area contributed by atoms with Crippen molar-refractivity contribution in [3.8, 4) is 11.8 Å². The Balaban J connectivity index is 2.06. The third-order valence-corrected chi connectivity index (χ3v) is 3.73. The number of nitrogens with two attached hydrogens (primary N) is 1. The molecular weight excluding hydrogens is 290 g/mol. The number of hydrogen-bond donors (Lipinski definition) is 2. The Hall–Kier alpha value is -2.30. The molecule has 0 amide bonds. The summed E-state index contributed by atoms with van der Waals surface area (Å²) in [4.78, 5) is 0. The van der Waals surface area contributed by atoms with Crippen LogP contribution in [0.2, 0.25) is 0 Å². The van der Waals surface area contributed by atoms with Crippen LogP contribution in [0.15, 0.2) is 34.9 Å². The van der Waals surface area contributed by atoms with E-state index in [9.17, 15) is 8.42 Å². The molecule has 0 saturated heterocycles. The molecule has 1 heterocycles. The highest BCUT2D eigenvalue weighted by molar-refractivity contribution is 7.91. The summed E-state index contributed by atoms with van der Waals surface area (Å²) >= 11 is 0. The number of hydrogen-bond acceptors (Lipinski definition) is 5. The summed E-state index contributed by atoms with van der Waals surface area (Å²) in [5.41, 5.74) is 6.89. The van der Waals surface area contributed by atoms with Crippen molar-refractivity contribution >= 4 is 15.7 Å². The molecule has 7 heteroatoms. The second-order valence-corrected chi connectivity index (χ2v) is 6.10. The van der Waals surface area contributed by atoms with Crippen LogP contribution in [0.3, 0.4) is 0 Å². The molecule has 2 rings (SSSR count). The summed E-state index contributed by atoms with van der Waals surface area (Å²) in [5, 5.41) is 3.67. The van der Waals surface area contributed by atoms with E-state index in [1.807, 2.05) is 0 Å². The standard InChI is InChI=1S/C14H15N3O3S/c1-11-9-14(16-20-11)10-21(18,19)17-13-6-4-12(5-7-13)3-2-8-15/h4-7,9,17H,8,10,15H2,1H3. The van der Waals surface area contributed by atoms with Gasteiger partial charge in [0.15, 0.2) is 0 Å². The zero-order chi connectivity index (χ0) is 15.3.